The van der Waals surface area contributed by atoms with Gasteiger partial charge in [0.1, 0.15) is 0 Å². The van der Waals surface area contributed by atoms with E-state index in [0.717, 1.165) is 19.3 Å². The Hall–Kier alpha value is -2.24. The fourth-order valence-corrected chi connectivity index (χ4v) is 3.03. The van der Waals surface area contributed by atoms with E-state index in [9.17, 15) is 14.9 Å². The Morgan fingerprint density at radius 2 is 2.24 bits per heavy atom. The lowest BCUT2D eigenvalue weighted by atomic mass is 9.80. The molecular weight excluding hydrogens is 270 g/mol. The molecule has 6 nitrogen and oxygen atoms in total. The molecule has 0 aliphatic heterocycles. The second kappa shape index (κ2) is 4.95. The van der Waals surface area contributed by atoms with Crippen molar-refractivity contribution in [2.75, 3.05) is 0 Å². The number of hydrazone groups is 1. The van der Waals surface area contributed by atoms with E-state index in [0.29, 0.717) is 11.3 Å². The molecule has 0 bridgehead atoms. The summed E-state index contributed by atoms with van der Waals surface area (Å²) in [6, 6.07) is 6.23. The molecule has 1 atom stereocenters. The first-order chi connectivity index (χ1) is 10.0. The molecule has 1 spiro atoms. The van der Waals surface area contributed by atoms with Crippen LogP contribution in [0.4, 0.5) is 5.69 Å². The predicted molar refractivity (Wildman–Crippen MR) is 77.8 cm³/mol. The van der Waals surface area contributed by atoms with Gasteiger partial charge in [-0.1, -0.05) is 18.6 Å². The van der Waals surface area contributed by atoms with E-state index in [1.54, 1.807) is 19.1 Å². The van der Waals surface area contributed by atoms with Crippen LogP contribution in [0.1, 0.15) is 38.2 Å². The molecule has 1 aromatic carbocycles. The van der Waals surface area contributed by atoms with Crippen LogP contribution in [0.25, 0.3) is 0 Å². The molecule has 2 aliphatic carbocycles. The second-order valence-electron chi connectivity index (χ2n) is 5.95. The van der Waals surface area contributed by atoms with E-state index in [1.807, 2.05) is 0 Å². The van der Waals surface area contributed by atoms with Crippen molar-refractivity contribution in [1.29, 1.82) is 0 Å². The Morgan fingerprint density at radius 3 is 2.81 bits per heavy atom. The first-order valence-corrected chi connectivity index (χ1v) is 7.11. The van der Waals surface area contributed by atoms with Crippen molar-refractivity contribution in [1.82, 2.24) is 5.43 Å². The maximum Gasteiger partial charge on any atom is 0.270 e. The van der Waals surface area contributed by atoms with E-state index in [1.165, 1.54) is 18.6 Å². The Kier molecular flexibility index (Phi) is 3.23. The zero-order valence-corrected chi connectivity index (χ0v) is 11.8. The van der Waals surface area contributed by atoms with Crippen molar-refractivity contribution < 1.29 is 9.72 Å². The highest BCUT2D eigenvalue weighted by molar-refractivity contribution is 5.99. The number of rotatable bonds is 4. The molecule has 6 heteroatoms. The number of non-ortho nitro benzene ring substituents is 1. The van der Waals surface area contributed by atoms with Gasteiger partial charge in [0.15, 0.2) is 0 Å². The summed E-state index contributed by atoms with van der Waals surface area (Å²) in [4.78, 5) is 22.3. The molecule has 1 unspecified atom stereocenters. The summed E-state index contributed by atoms with van der Waals surface area (Å²) in [7, 11) is 0. The van der Waals surface area contributed by atoms with Gasteiger partial charge in [0.05, 0.1) is 10.6 Å². The molecule has 3 rings (SSSR count). The minimum atomic E-state index is -0.445. The SMILES string of the molecule is CC(=NNC(=O)C1CC12CCC2)c1cccc([N+](=O)[O-])c1. The quantitative estimate of drug-likeness (QED) is 0.525. The molecule has 2 saturated carbocycles. The number of nitrogens with one attached hydrogen (secondary N) is 1. The lowest BCUT2D eigenvalue weighted by Crippen LogP contribution is -2.26. The van der Waals surface area contributed by atoms with Gasteiger partial charge in [-0.3, -0.25) is 14.9 Å². The van der Waals surface area contributed by atoms with E-state index >= 15 is 0 Å². The average Bonchev–Trinajstić information content (AvgIpc) is 3.20. The zero-order chi connectivity index (χ0) is 15.0. The summed E-state index contributed by atoms with van der Waals surface area (Å²) in [6.07, 6.45) is 4.50. The van der Waals surface area contributed by atoms with E-state index in [-0.39, 0.29) is 22.9 Å². The third-order valence-electron chi connectivity index (χ3n) is 4.66. The van der Waals surface area contributed by atoms with E-state index in [4.69, 9.17) is 0 Å². The third kappa shape index (κ3) is 2.53. The molecule has 2 aliphatic rings. The maximum absolute atomic E-state index is 12.0. The first kappa shape index (κ1) is 13.7. The topological polar surface area (TPSA) is 84.6 Å². The largest absolute Gasteiger partial charge is 0.273 e. The minimum absolute atomic E-state index is 0.0176. The number of benzene rings is 1. The van der Waals surface area contributed by atoms with Gasteiger partial charge in [0.25, 0.3) is 5.69 Å². The van der Waals surface area contributed by atoms with Crippen molar-refractivity contribution in [3.05, 3.63) is 39.9 Å². The Balaban J connectivity index is 1.64. The van der Waals surface area contributed by atoms with Crippen molar-refractivity contribution in [2.45, 2.75) is 32.6 Å². The fraction of sp³-hybridized carbons (Fsp3) is 0.467. The van der Waals surface area contributed by atoms with Crippen LogP contribution in [0, 0.1) is 21.4 Å². The van der Waals surface area contributed by atoms with E-state index < -0.39 is 4.92 Å². The molecule has 1 aromatic rings. The molecule has 110 valence electrons. The van der Waals surface area contributed by atoms with Gasteiger partial charge in [-0.2, -0.15) is 5.10 Å². The summed E-state index contributed by atoms with van der Waals surface area (Å²) in [5, 5.41) is 14.8. The molecule has 0 saturated heterocycles. The highest BCUT2D eigenvalue weighted by atomic mass is 16.6. The molecule has 21 heavy (non-hydrogen) atoms. The van der Waals surface area contributed by atoms with Crippen LogP contribution in [-0.4, -0.2) is 16.5 Å². The molecule has 0 aromatic heterocycles. The van der Waals surface area contributed by atoms with Gasteiger partial charge < -0.3 is 0 Å². The van der Waals surface area contributed by atoms with Gasteiger partial charge >= 0.3 is 0 Å². The summed E-state index contributed by atoms with van der Waals surface area (Å²) >= 11 is 0. The Morgan fingerprint density at radius 1 is 1.48 bits per heavy atom. The van der Waals surface area contributed by atoms with E-state index in [2.05, 4.69) is 10.5 Å². The lowest BCUT2D eigenvalue weighted by Gasteiger charge is -2.25. The predicted octanol–water partition coefficient (Wildman–Crippen LogP) is 2.63. The van der Waals surface area contributed by atoms with Crippen LogP contribution in [0.2, 0.25) is 0 Å². The number of nitrogens with zero attached hydrogens (tertiary/aromatic N) is 2. The highest BCUT2D eigenvalue weighted by Crippen LogP contribution is 2.65. The van der Waals surface area contributed by atoms with Crippen LogP contribution in [0.5, 0.6) is 0 Å². The summed E-state index contributed by atoms with van der Waals surface area (Å²) in [5.41, 5.74) is 4.09. The molecule has 1 amide bonds. The van der Waals surface area contributed by atoms with Crippen LogP contribution in [0.15, 0.2) is 29.4 Å². The summed E-state index contributed by atoms with van der Waals surface area (Å²) < 4.78 is 0. The smallest absolute Gasteiger partial charge is 0.270 e. The summed E-state index contributed by atoms with van der Waals surface area (Å²) in [5.74, 6) is 0.0763. The average molecular weight is 287 g/mol. The highest BCUT2D eigenvalue weighted by Gasteiger charge is 2.60. The normalized spacial score (nSPS) is 22.5. The number of hydrogen-bond acceptors (Lipinski definition) is 4. The van der Waals surface area contributed by atoms with Crippen molar-refractivity contribution in [3.63, 3.8) is 0 Å². The molecule has 1 N–H and O–H groups in total. The van der Waals surface area contributed by atoms with Gasteiger partial charge in [-0.05, 0) is 31.6 Å². The van der Waals surface area contributed by atoms with Crippen LogP contribution in [-0.2, 0) is 4.79 Å². The number of hydrogen-bond donors (Lipinski definition) is 1. The van der Waals surface area contributed by atoms with Gasteiger partial charge in [-0.25, -0.2) is 5.43 Å². The number of carbonyl (C=O) groups excluding carboxylic acids is 1. The Bertz CT molecular complexity index is 635. The van der Waals surface area contributed by atoms with Crippen LogP contribution in [0.3, 0.4) is 0 Å². The molecule has 2 fully saturated rings. The van der Waals surface area contributed by atoms with Crippen molar-refractivity contribution >= 4 is 17.3 Å². The van der Waals surface area contributed by atoms with Gasteiger partial charge in [0.2, 0.25) is 5.91 Å². The van der Waals surface area contributed by atoms with Crippen LogP contribution < -0.4 is 5.43 Å². The number of nitro benzene ring substituents is 1. The third-order valence-corrected chi connectivity index (χ3v) is 4.66. The van der Waals surface area contributed by atoms with Gasteiger partial charge in [0, 0.05) is 23.6 Å². The van der Waals surface area contributed by atoms with Crippen LogP contribution >= 0.6 is 0 Å². The molecule has 0 heterocycles. The molecular formula is C15H17N3O3. The zero-order valence-electron chi connectivity index (χ0n) is 11.8. The number of amides is 1. The van der Waals surface area contributed by atoms with Crippen molar-refractivity contribution in [3.8, 4) is 0 Å². The lowest BCUT2D eigenvalue weighted by molar-refractivity contribution is -0.384. The fourth-order valence-electron chi connectivity index (χ4n) is 3.03. The number of nitro groups is 1. The Labute approximate surface area is 122 Å². The maximum atomic E-state index is 12.0. The second-order valence-corrected chi connectivity index (χ2v) is 5.95. The van der Waals surface area contributed by atoms with Gasteiger partial charge in [-0.15, -0.1) is 0 Å². The van der Waals surface area contributed by atoms with Crippen molar-refractivity contribution in [2.24, 2.45) is 16.4 Å². The summed E-state index contributed by atoms with van der Waals surface area (Å²) in [6.45, 7) is 1.73. The standard InChI is InChI=1S/C15H17N3O3/c1-10(11-4-2-5-12(8-11)18(20)21)16-17-14(19)13-9-15(13)6-3-7-15/h2,4-5,8,13H,3,6-7,9H2,1H3,(H,17,19). The minimum Gasteiger partial charge on any atom is -0.273 e. The monoisotopic (exact) mass is 287 g/mol. The number of carbonyl (C=O) groups is 1. The molecule has 0 radical (unpaired) electrons. The first-order valence-electron chi connectivity index (χ1n) is 7.11.